The summed E-state index contributed by atoms with van der Waals surface area (Å²) in [7, 11) is 1.67. The molecule has 1 aliphatic rings. The average Bonchev–Trinajstić information content (AvgIpc) is 3.60. The second-order valence-electron chi connectivity index (χ2n) is 7.58. The maximum Gasteiger partial charge on any atom is 0.209 e. The topological polar surface area (TPSA) is 79.9 Å². The molecule has 5 rings (SSSR count). The smallest absolute Gasteiger partial charge is 0.209 e. The second-order valence-corrected chi connectivity index (χ2v) is 8.52. The zero-order valence-corrected chi connectivity index (χ0v) is 18.6. The fourth-order valence-electron chi connectivity index (χ4n) is 3.76. The summed E-state index contributed by atoms with van der Waals surface area (Å²) < 4.78 is 14.8. The normalized spacial score (nSPS) is 15.8. The van der Waals surface area contributed by atoms with Crippen LogP contribution >= 0.6 is 11.8 Å². The Balaban J connectivity index is 1.41. The number of hydrogen-bond acceptors (Lipinski definition) is 7. The van der Waals surface area contributed by atoms with Crippen LogP contribution in [0.1, 0.15) is 18.4 Å². The number of tetrazole rings is 1. The molecule has 9 heteroatoms. The Kier molecular flexibility index (Phi) is 6.17. The molecule has 0 spiro atoms. The molecule has 2 aromatic carbocycles. The van der Waals surface area contributed by atoms with Gasteiger partial charge in [0.2, 0.25) is 5.16 Å². The zero-order chi connectivity index (χ0) is 21.8. The molecule has 32 heavy (non-hydrogen) atoms. The SMILES string of the molecule is COc1ccc(-c2nn(-c3ccccc3)cc2CSc2nnnn2C[C@H]2CCCO2)cc1. The van der Waals surface area contributed by atoms with Crippen LogP contribution in [0.15, 0.2) is 66.0 Å². The largest absolute Gasteiger partial charge is 0.497 e. The van der Waals surface area contributed by atoms with Crippen molar-refractivity contribution < 1.29 is 9.47 Å². The first kappa shape index (κ1) is 20.7. The van der Waals surface area contributed by atoms with E-state index in [1.165, 1.54) is 0 Å². The van der Waals surface area contributed by atoms with Gasteiger partial charge in [-0.1, -0.05) is 30.0 Å². The van der Waals surface area contributed by atoms with Crippen molar-refractivity contribution in [3.8, 4) is 22.7 Å². The molecule has 1 fully saturated rings. The summed E-state index contributed by atoms with van der Waals surface area (Å²) in [5, 5.41) is 18.0. The molecule has 0 N–H and O–H groups in total. The van der Waals surface area contributed by atoms with E-state index in [1.54, 1.807) is 18.9 Å². The van der Waals surface area contributed by atoms with E-state index in [0.717, 1.165) is 52.9 Å². The van der Waals surface area contributed by atoms with Crippen LogP contribution in [0.3, 0.4) is 0 Å². The van der Waals surface area contributed by atoms with Crippen LogP contribution < -0.4 is 4.74 Å². The van der Waals surface area contributed by atoms with Gasteiger partial charge in [-0.25, -0.2) is 9.36 Å². The molecule has 0 bridgehead atoms. The van der Waals surface area contributed by atoms with Gasteiger partial charge in [0.25, 0.3) is 0 Å². The van der Waals surface area contributed by atoms with Gasteiger partial charge in [0, 0.05) is 29.7 Å². The quantitative estimate of drug-likeness (QED) is 0.377. The van der Waals surface area contributed by atoms with Crippen LogP contribution in [0.2, 0.25) is 0 Å². The lowest BCUT2D eigenvalue weighted by atomic mass is 10.1. The van der Waals surface area contributed by atoms with E-state index in [2.05, 4.69) is 21.7 Å². The van der Waals surface area contributed by atoms with Crippen molar-refractivity contribution in [2.45, 2.75) is 36.4 Å². The molecule has 1 saturated heterocycles. The van der Waals surface area contributed by atoms with Gasteiger partial charge in [-0.2, -0.15) is 5.10 Å². The molecule has 0 unspecified atom stereocenters. The summed E-state index contributed by atoms with van der Waals surface area (Å²) in [5.41, 5.74) is 4.09. The lowest BCUT2D eigenvalue weighted by Crippen LogP contribution is -2.16. The molecule has 0 radical (unpaired) electrons. The number of methoxy groups -OCH3 is 1. The van der Waals surface area contributed by atoms with Gasteiger partial charge >= 0.3 is 0 Å². The first-order valence-corrected chi connectivity index (χ1v) is 11.6. The molecule has 0 saturated carbocycles. The zero-order valence-electron chi connectivity index (χ0n) is 17.8. The number of rotatable bonds is 8. The second kappa shape index (κ2) is 9.54. The number of benzene rings is 2. The maximum atomic E-state index is 5.74. The van der Waals surface area contributed by atoms with E-state index in [0.29, 0.717) is 12.3 Å². The number of hydrogen-bond donors (Lipinski definition) is 0. The monoisotopic (exact) mass is 448 g/mol. The molecular formula is C23H24N6O2S. The van der Waals surface area contributed by atoms with Crippen molar-refractivity contribution in [3.05, 3.63) is 66.4 Å². The van der Waals surface area contributed by atoms with Crippen LogP contribution in [0.25, 0.3) is 16.9 Å². The summed E-state index contributed by atoms with van der Waals surface area (Å²) in [4.78, 5) is 0. The third kappa shape index (κ3) is 4.53. The van der Waals surface area contributed by atoms with Crippen LogP contribution in [-0.2, 0) is 17.0 Å². The van der Waals surface area contributed by atoms with Gasteiger partial charge in [0.05, 0.1) is 31.1 Å². The van der Waals surface area contributed by atoms with E-state index in [-0.39, 0.29) is 6.10 Å². The third-order valence-electron chi connectivity index (χ3n) is 5.43. The van der Waals surface area contributed by atoms with Crippen molar-refractivity contribution in [2.75, 3.05) is 13.7 Å². The Morgan fingerprint density at radius 1 is 1.12 bits per heavy atom. The van der Waals surface area contributed by atoms with Gasteiger partial charge in [-0.15, -0.1) is 5.10 Å². The van der Waals surface area contributed by atoms with E-state index in [1.807, 2.05) is 64.0 Å². The highest BCUT2D eigenvalue weighted by atomic mass is 32.2. The Morgan fingerprint density at radius 3 is 2.72 bits per heavy atom. The predicted octanol–water partition coefficient (Wildman–Crippen LogP) is 4.01. The molecule has 8 nitrogen and oxygen atoms in total. The van der Waals surface area contributed by atoms with Crippen molar-refractivity contribution >= 4 is 11.8 Å². The summed E-state index contributed by atoms with van der Waals surface area (Å²) in [5.74, 6) is 1.51. The number of aromatic nitrogens is 6. The van der Waals surface area contributed by atoms with Crippen molar-refractivity contribution in [3.63, 3.8) is 0 Å². The van der Waals surface area contributed by atoms with Crippen molar-refractivity contribution in [1.29, 1.82) is 0 Å². The number of para-hydroxylation sites is 1. The number of thioether (sulfide) groups is 1. The number of nitrogens with zero attached hydrogens (tertiary/aromatic N) is 6. The maximum absolute atomic E-state index is 5.74. The molecule has 0 amide bonds. The Bertz CT molecular complexity index is 1150. The van der Waals surface area contributed by atoms with Gasteiger partial charge in [0.15, 0.2) is 0 Å². The van der Waals surface area contributed by atoms with E-state index in [9.17, 15) is 0 Å². The molecule has 0 aliphatic carbocycles. The van der Waals surface area contributed by atoms with Gasteiger partial charge < -0.3 is 9.47 Å². The fourth-order valence-corrected chi connectivity index (χ4v) is 4.61. The van der Waals surface area contributed by atoms with Crippen molar-refractivity contribution in [2.24, 2.45) is 0 Å². The van der Waals surface area contributed by atoms with E-state index < -0.39 is 0 Å². The van der Waals surface area contributed by atoms with E-state index in [4.69, 9.17) is 14.6 Å². The summed E-state index contributed by atoms with van der Waals surface area (Å²) >= 11 is 1.61. The minimum Gasteiger partial charge on any atom is -0.497 e. The molecule has 1 aliphatic heterocycles. The highest BCUT2D eigenvalue weighted by Crippen LogP contribution is 2.30. The number of ether oxygens (including phenoxy) is 2. The van der Waals surface area contributed by atoms with Crippen LogP contribution in [0.5, 0.6) is 5.75 Å². The van der Waals surface area contributed by atoms with Crippen molar-refractivity contribution in [1.82, 2.24) is 30.0 Å². The van der Waals surface area contributed by atoms with E-state index >= 15 is 0 Å². The highest BCUT2D eigenvalue weighted by molar-refractivity contribution is 7.98. The fraction of sp³-hybridized carbons (Fsp3) is 0.304. The Labute approximate surface area is 190 Å². The lowest BCUT2D eigenvalue weighted by molar-refractivity contribution is 0.0912. The van der Waals surface area contributed by atoms with Crippen LogP contribution in [0.4, 0.5) is 0 Å². The van der Waals surface area contributed by atoms with Crippen LogP contribution in [-0.4, -0.2) is 49.8 Å². The van der Waals surface area contributed by atoms with Gasteiger partial charge in [-0.3, -0.25) is 0 Å². The molecule has 164 valence electrons. The lowest BCUT2D eigenvalue weighted by Gasteiger charge is -2.10. The predicted molar refractivity (Wildman–Crippen MR) is 122 cm³/mol. The van der Waals surface area contributed by atoms with Gasteiger partial charge in [-0.05, 0) is 59.7 Å². The van der Waals surface area contributed by atoms with Crippen LogP contribution in [0, 0.1) is 0 Å². The average molecular weight is 449 g/mol. The summed E-state index contributed by atoms with van der Waals surface area (Å²) in [6, 6.07) is 18.1. The summed E-state index contributed by atoms with van der Waals surface area (Å²) in [6.07, 6.45) is 4.42. The highest BCUT2D eigenvalue weighted by Gasteiger charge is 2.20. The Morgan fingerprint density at radius 2 is 1.97 bits per heavy atom. The minimum absolute atomic E-state index is 0.188. The first-order chi connectivity index (χ1) is 15.8. The minimum atomic E-state index is 0.188. The Hall–Kier alpha value is -3.17. The summed E-state index contributed by atoms with van der Waals surface area (Å²) in [6.45, 7) is 1.50. The third-order valence-corrected chi connectivity index (χ3v) is 6.44. The molecule has 4 aromatic rings. The standard InChI is InChI=1S/C23H24N6O2S/c1-30-20-11-9-17(10-12-20)22-18(14-28(25-22)19-6-3-2-4-7-19)16-32-23-24-26-27-29(23)15-21-8-5-13-31-21/h2-4,6-7,9-12,14,21H,5,8,13,15-16H2,1H3/t21-/m1/s1. The molecule has 3 heterocycles. The first-order valence-electron chi connectivity index (χ1n) is 10.6. The molecular weight excluding hydrogens is 424 g/mol. The van der Waals surface area contributed by atoms with Gasteiger partial charge in [0.1, 0.15) is 5.75 Å². The molecule has 2 aromatic heterocycles. The molecule has 1 atom stereocenters.